The Balaban J connectivity index is 1.06. The summed E-state index contributed by atoms with van der Waals surface area (Å²) in [6.45, 7) is 0.169. The average Bonchev–Trinajstić information content (AvgIpc) is 3.51. The van der Waals surface area contributed by atoms with Crippen LogP contribution in [0.25, 0.3) is 21.5 Å². The van der Waals surface area contributed by atoms with E-state index in [-0.39, 0.29) is 41.6 Å². The molecule has 3 heterocycles. The maximum absolute atomic E-state index is 13.3. The first kappa shape index (κ1) is 27.5. The smallest absolute Gasteiger partial charge is 0.276 e. The van der Waals surface area contributed by atoms with E-state index in [9.17, 15) is 14.4 Å². The molecule has 7 rings (SSSR count). The summed E-state index contributed by atoms with van der Waals surface area (Å²) in [6.07, 6.45) is 0.517. The van der Waals surface area contributed by atoms with Gasteiger partial charge in [0.25, 0.3) is 22.6 Å². The molecule has 0 unspecified atom stereocenters. The lowest BCUT2D eigenvalue weighted by atomic mass is 9.94. The predicted octanol–water partition coefficient (Wildman–Crippen LogP) is 4.97. The number of hydrogen-bond donors (Lipinski definition) is 0. The van der Waals surface area contributed by atoms with Gasteiger partial charge in [0, 0.05) is 40.6 Å². The monoisotopic (exact) mass is 603 g/mol. The predicted molar refractivity (Wildman–Crippen MR) is 165 cm³/mol. The molecule has 2 aromatic heterocycles. The van der Waals surface area contributed by atoms with Crippen LogP contribution in [0.15, 0.2) is 99.4 Å². The van der Waals surface area contributed by atoms with Gasteiger partial charge < -0.3 is 9.15 Å². The van der Waals surface area contributed by atoms with E-state index in [2.05, 4.69) is 15.3 Å². The number of amides is 2. The van der Waals surface area contributed by atoms with E-state index in [1.54, 1.807) is 25.3 Å². The van der Waals surface area contributed by atoms with Crippen LogP contribution in [0, 0.1) is 0 Å². The summed E-state index contributed by atoms with van der Waals surface area (Å²) in [5.74, 6) is 0.700. The Labute approximate surface area is 255 Å². The van der Waals surface area contributed by atoms with E-state index in [0.717, 1.165) is 27.8 Å². The van der Waals surface area contributed by atoms with Crippen molar-refractivity contribution in [3.63, 3.8) is 0 Å². The lowest BCUT2D eigenvalue weighted by Crippen LogP contribution is -2.41. The molecular weight excluding hydrogens is 578 g/mol. The highest BCUT2D eigenvalue weighted by Crippen LogP contribution is 2.30. The summed E-state index contributed by atoms with van der Waals surface area (Å²) < 4.78 is 12.4. The second kappa shape index (κ2) is 11.4. The molecule has 0 spiro atoms. The zero-order chi connectivity index (χ0) is 30.2. The fourth-order valence-electron chi connectivity index (χ4n) is 5.48. The number of ether oxygens (including phenoxy) is 1. The Morgan fingerprint density at radius 2 is 1.52 bits per heavy atom. The van der Waals surface area contributed by atoms with Gasteiger partial charge in [0.1, 0.15) is 12.3 Å². The minimum absolute atomic E-state index is 0.00325. The summed E-state index contributed by atoms with van der Waals surface area (Å²) >= 11 is 1.23. The fourth-order valence-corrected chi connectivity index (χ4v) is 6.18. The van der Waals surface area contributed by atoms with Gasteiger partial charge in [0.05, 0.1) is 18.2 Å². The number of aromatic nitrogens is 4. The third kappa shape index (κ3) is 5.01. The summed E-state index contributed by atoms with van der Waals surface area (Å²) in [5, 5.41) is 16.1. The van der Waals surface area contributed by atoms with Crippen molar-refractivity contribution in [2.75, 3.05) is 19.4 Å². The van der Waals surface area contributed by atoms with Gasteiger partial charge in [-0.25, -0.2) is 4.68 Å². The number of methoxy groups -OCH3 is 1. The van der Waals surface area contributed by atoms with Crippen LogP contribution in [0.1, 0.15) is 37.9 Å². The van der Waals surface area contributed by atoms with E-state index < -0.39 is 0 Å². The molecular formula is C33H25N5O5S. The second-order valence-corrected chi connectivity index (χ2v) is 11.3. The van der Waals surface area contributed by atoms with Gasteiger partial charge in [0.15, 0.2) is 0 Å². The molecule has 0 bridgehead atoms. The largest absolute Gasteiger partial charge is 0.497 e. The number of nitrogens with zero attached hydrogens (tertiary/aromatic N) is 5. The van der Waals surface area contributed by atoms with Gasteiger partial charge in [-0.3, -0.25) is 19.3 Å². The second-order valence-electron chi connectivity index (χ2n) is 10.3. The van der Waals surface area contributed by atoms with Crippen LogP contribution in [0.5, 0.6) is 5.75 Å². The first-order chi connectivity index (χ1) is 21.5. The van der Waals surface area contributed by atoms with Crippen LogP contribution in [-0.4, -0.2) is 56.1 Å². The normalized spacial score (nSPS) is 12.8. The lowest BCUT2D eigenvalue weighted by molar-refractivity contribution is 0.0621. The molecule has 44 heavy (non-hydrogen) atoms. The van der Waals surface area contributed by atoms with E-state index in [1.165, 1.54) is 21.3 Å². The highest BCUT2D eigenvalue weighted by atomic mass is 32.2. The maximum atomic E-state index is 13.3. The van der Waals surface area contributed by atoms with Crippen molar-refractivity contribution >= 4 is 45.1 Å². The van der Waals surface area contributed by atoms with E-state index in [0.29, 0.717) is 34.1 Å². The number of hydrogen-bond acceptors (Lipinski definition) is 9. The van der Waals surface area contributed by atoms with Crippen LogP contribution in [0.4, 0.5) is 0 Å². The summed E-state index contributed by atoms with van der Waals surface area (Å²) in [4.78, 5) is 40.9. The van der Waals surface area contributed by atoms with Crippen LogP contribution in [-0.2, 0) is 13.0 Å². The SMILES string of the molecule is COc1ccc(Cc2nn(Cc3nnc(SCCN4C(=O)c5cccc6cccc(c56)C4=O)o3)c(=O)c3ccccc23)cc1. The molecule has 2 amide bonds. The molecule has 4 aromatic carbocycles. The van der Waals surface area contributed by atoms with E-state index in [1.807, 2.05) is 66.7 Å². The van der Waals surface area contributed by atoms with Gasteiger partial charge in [-0.1, -0.05) is 66.4 Å². The molecule has 10 nitrogen and oxygen atoms in total. The van der Waals surface area contributed by atoms with Gasteiger partial charge in [0.2, 0.25) is 5.89 Å². The molecule has 6 aromatic rings. The number of thioether (sulfide) groups is 1. The van der Waals surface area contributed by atoms with Crippen LogP contribution in [0.3, 0.4) is 0 Å². The average molecular weight is 604 g/mol. The summed E-state index contributed by atoms with van der Waals surface area (Å²) in [7, 11) is 1.62. The Kier molecular flexibility index (Phi) is 7.15. The molecule has 0 aliphatic carbocycles. The molecule has 1 aliphatic rings. The topological polar surface area (TPSA) is 120 Å². The van der Waals surface area contributed by atoms with Gasteiger partial charge in [-0.2, -0.15) is 5.10 Å². The molecule has 0 fully saturated rings. The van der Waals surface area contributed by atoms with Gasteiger partial charge in [-0.15, -0.1) is 10.2 Å². The highest BCUT2D eigenvalue weighted by molar-refractivity contribution is 7.99. The molecule has 11 heteroatoms. The number of fused-ring (bicyclic) bond motifs is 1. The molecule has 0 saturated heterocycles. The van der Waals surface area contributed by atoms with Crippen LogP contribution >= 0.6 is 11.8 Å². The molecule has 218 valence electrons. The Morgan fingerprint density at radius 3 is 2.23 bits per heavy atom. The van der Waals surface area contributed by atoms with Crippen molar-refractivity contribution in [3.05, 3.63) is 124 Å². The zero-order valence-corrected chi connectivity index (χ0v) is 24.4. The molecule has 0 saturated carbocycles. The fraction of sp³-hybridized carbons (Fsp3) is 0.152. The Hall–Kier alpha value is -5.29. The van der Waals surface area contributed by atoms with Crippen molar-refractivity contribution in [2.24, 2.45) is 0 Å². The van der Waals surface area contributed by atoms with Crippen LogP contribution < -0.4 is 10.3 Å². The number of carbonyl (C=O) groups is 2. The van der Waals surface area contributed by atoms with Crippen molar-refractivity contribution in [1.29, 1.82) is 0 Å². The number of carbonyl (C=O) groups excluding carboxylic acids is 2. The minimum atomic E-state index is -0.321. The number of imide groups is 1. The first-order valence-corrected chi connectivity index (χ1v) is 14.9. The lowest BCUT2D eigenvalue weighted by Gasteiger charge is -2.26. The third-order valence-electron chi connectivity index (χ3n) is 7.60. The van der Waals surface area contributed by atoms with Crippen LogP contribution in [0.2, 0.25) is 0 Å². The summed E-state index contributed by atoms with van der Waals surface area (Å²) in [6, 6.07) is 26.0. The van der Waals surface area contributed by atoms with Crippen molar-refractivity contribution < 1.29 is 18.7 Å². The quantitative estimate of drug-likeness (QED) is 0.167. The highest BCUT2D eigenvalue weighted by Gasteiger charge is 2.32. The summed E-state index contributed by atoms with van der Waals surface area (Å²) in [5.41, 5.74) is 2.54. The van der Waals surface area contributed by atoms with Gasteiger partial charge >= 0.3 is 0 Å². The Bertz CT molecular complexity index is 2070. The van der Waals surface area contributed by atoms with Gasteiger partial charge in [-0.05, 0) is 41.3 Å². The maximum Gasteiger partial charge on any atom is 0.276 e. The molecule has 0 N–H and O–H groups in total. The molecule has 1 aliphatic heterocycles. The number of rotatable bonds is 9. The first-order valence-electron chi connectivity index (χ1n) is 13.9. The van der Waals surface area contributed by atoms with Crippen molar-refractivity contribution in [2.45, 2.75) is 18.2 Å². The third-order valence-corrected chi connectivity index (χ3v) is 8.40. The van der Waals surface area contributed by atoms with E-state index in [4.69, 9.17) is 9.15 Å². The van der Waals surface area contributed by atoms with Crippen molar-refractivity contribution in [1.82, 2.24) is 24.9 Å². The standard InChI is InChI=1S/C33H25N5O5S/c1-42-22-14-12-20(13-15-22)18-27-23-8-2-3-9-24(23)32(41)38(36-27)19-28-34-35-33(43-28)44-17-16-37-30(39)25-10-4-6-21-7-5-11-26(29(21)25)31(37)40/h2-15H,16-19H2,1H3. The minimum Gasteiger partial charge on any atom is -0.497 e. The Morgan fingerprint density at radius 1 is 0.818 bits per heavy atom. The number of benzene rings is 4. The zero-order valence-electron chi connectivity index (χ0n) is 23.6. The van der Waals surface area contributed by atoms with E-state index >= 15 is 0 Å². The van der Waals surface area contributed by atoms with Crippen molar-refractivity contribution in [3.8, 4) is 5.75 Å². The molecule has 0 atom stereocenters. The molecule has 0 radical (unpaired) electrons.